The molecule has 0 bridgehead atoms. The van der Waals surface area contributed by atoms with Gasteiger partial charge in [-0.3, -0.25) is 14.7 Å². The highest BCUT2D eigenvalue weighted by atomic mass is 19.1. The van der Waals surface area contributed by atoms with Crippen LogP contribution in [-0.4, -0.2) is 77.0 Å². The van der Waals surface area contributed by atoms with Crippen molar-refractivity contribution in [3.8, 4) is 17.1 Å². The summed E-state index contributed by atoms with van der Waals surface area (Å²) in [6.45, 7) is 5.70. The van der Waals surface area contributed by atoms with E-state index in [-0.39, 0.29) is 18.3 Å². The number of piperazine rings is 1. The molecule has 2 aromatic heterocycles. The molecule has 0 aliphatic carbocycles. The number of hydrogen-bond donors (Lipinski definition) is 1. The lowest BCUT2D eigenvalue weighted by atomic mass is 10.0. The van der Waals surface area contributed by atoms with Crippen molar-refractivity contribution in [2.24, 2.45) is 0 Å². The fourth-order valence-electron chi connectivity index (χ4n) is 3.70. The number of aromatic nitrogens is 3. The number of benzene rings is 1. The average Bonchev–Trinajstić information content (AvgIpc) is 2.85. The van der Waals surface area contributed by atoms with Gasteiger partial charge in [-0.05, 0) is 35.9 Å². The van der Waals surface area contributed by atoms with Gasteiger partial charge in [0.05, 0.1) is 12.0 Å². The second-order valence-electron chi connectivity index (χ2n) is 8.36. The molecule has 0 saturated carbocycles. The van der Waals surface area contributed by atoms with Gasteiger partial charge in [-0.1, -0.05) is 24.3 Å². The van der Waals surface area contributed by atoms with Gasteiger partial charge >= 0.3 is 6.01 Å². The van der Waals surface area contributed by atoms with Crippen LogP contribution in [0.3, 0.4) is 0 Å². The highest BCUT2D eigenvalue weighted by Crippen LogP contribution is 2.23. The van der Waals surface area contributed by atoms with Crippen LogP contribution >= 0.6 is 0 Å². The third-order valence-electron chi connectivity index (χ3n) is 5.82. The van der Waals surface area contributed by atoms with E-state index in [4.69, 9.17) is 4.74 Å². The number of nitrogens with zero attached hydrogens (tertiary/aromatic N) is 5. The molecule has 4 rings (SSSR count). The molecule has 0 spiro atoms. The molecule has 0 radical (unpaired) electrons. The summed E-state index contributed by atoms with van der Waals surface area (Å²) in [4.78, 5) is 28.8. The fourth-order valence-corrected chi connectivity index (χ4v) is 3.70. The number of pyridine rings is 1. The highest BCUT2D eigenvalue weighted by molar-refractivity contribution is 5.78. The third kappa shape index (κ3) is 6.79. The zero-order valence-electron chi connectivity index (χ0n) is 19.3. The molecule has 1 aliphatic heterocycles. The van der Waals surface area contributed by atoms with Crippen LogP contribution in [0.5, 0.6) is 6.01 Å². The van der Waals surface area contributed by atoms with Gasteiger partial charge in [-0.2, -0.15) is 9.37 Å². The van der Waals surface area contributed by atoms with Gasteiger partial charge in [0.25, 0.3) is 0 Å². The number of carbonyl (C=O) groups is 1. The summed E-state index contributed by atoms with van der Waals surface area (Å²) in [5, 5.41) is 2.88. The lowest BCUT2D eigenvalue weighted by Crippen LogP contribution is -2.45. The van der Waals surface area contributed by atoms with Crippen molar-refractivity contribution in [1.82, 2.24) is 30.1 Å². The fraction of sp³-hybridized carbons (Fsp3) is 0.360. The standard InChI is InChI=1S/C25H29FN6O2/c1-31-10-12-32(13-11-31)14-15-34-25-29-18-22(24(26)30-25)21-4-2-19(3-5-21)16-23(33)28-17-20-6-8-27-9-7-20/h2-9,18H,10-17H2,1H3,(H,28,33). The molecular weight excluding hydrogens is 435 g/mol. The molecule has 1 saturated heterocycles. The first-order valence-corrected chi connectivity index (χ1v) is 11.4. The third-order valence-corrected chi connectivity index (χ3v) is 5.82. The van der Waals surface area contributed by atoms with Crippen molar-refractivity contribution in [2.75, 3.05) is 46.4 Å². The van der Waals surface area contributed by atoms with Gasteiger partial charge in [0.2, 0.25) is 11.9 Å². The summed E-state index contributed by atoms with van der Waals surface area (Å²) < 4.78 is 20.2. The van der Waals surface area contributed by atoms with Crippen molar-refractivity contribution in [2.45, 2.75) is 13.0 Å². The number of likely N-dealkylation sites (N-methyl/N-ethyl adjacent to an activating group) is 1. The van der Waals surface area contributed by atoms with E-state index in [0.29, 0.717) is 24.3 Å². The monoisotopic (exact) mass is 464 g/mol. The number of amides is 1. The van der Waals surface area contributed by atoms with Crippen molar-refractivity contribution < 1.29 is 13.9 Å². The Labute approximate surface area is 198 Å². The number of hydrogen-bond acceptors (Lipinski definition) is 7. The Morgan fingerprint density at radius 2 is 1.79 bits per heavy atom. The Morgan fingerprint density at radius 3 is 2.50 bits per heavy atom. The molecule has 178 valence electrons. The molecule has 3 aromatic rings. The minimum absolute atomic E-state index is 0.0397. The molecule has 9 heteroatoms. The van der Waals surface area contributed by atoms with Crippen molar-refractivity contribution in [3.05, 3.63) is 72.1 Å². The molecular formula is C25H29FN6O2. The van der Waals surface area contributed by atoms with Crippen LogP contribution < -0.4 is 10.1 Å². The molecule has 1 aliphatic rings. The molecule has 3 heterocycles. The quantitative estimate of drug-likeness (QED) is 0.486. The minimum Gasteiger partial charge on any atom is -0.462 e. The Kier molecular flexibility index (Phi) is 8.11. The maximum absolute atomic E-state index is 14.6. The van der Waals surface area contributed by atoms with Gasteiger partial charge in [-0.15, -0.1) is 0 Å². The maximum atomic E-state index is 14.6. The summed E-state index contributed by atoms with van der Waals surface area (Å²) in [5.41, 5.74) is 2.75. The van der Waals surface area contributed by atoms with Gasteiger partial charge in [0.1, 0.15) is 6.61 Å². The summed E-state index contributed by atoms with van der Waals surface area (Å²) in [5.74, 6) is -0.718. The van der Waals surface area contributed by atoms with Crippen LogP contribution in [0.4, 0.5) is 4.39 Å². The van der Waals surface area contributed by atoms with E-state index >= 15 is 0 Å². The largest absolute Gasteiger partial charge is 0.462 e. The molecule has 0 unspecified atom stereocenters. The highest BCUT2D eigenvalue weighted by Gasteiger charge is 2.14. The smallest absolute Gasteiger partial charge is 0.319 e. The van der Waals surface area contributed by atoms with Crippen LogP contribution in [0.25, 0.3) is 11.1 Å². The first-order chi connectivity index (χ1) is 16.6. The Hall–Kier alpha value is -3.43. The molecule has 0 atom stereocenters. The van der Waals surface area contributed by atoms with Crippen LogP contribution in [0.2, 0.25) is 0 Å². The SMILES string of the molecule is CN1CCN(CCOc2ncc(-c3ccc(CC(=O)NCc4ccncc4)cc3)c(F)n2)CC1. The van der Waals surface area contributed by atoms with Crippen LogP contribution in [0.1, 0.15) is 11.1 Å². The van der Waals surface area contributed by atoms with Gasteiger partial charge in [-0.25, -0.2) is 4.98 Å². The summed E-state index contributed by atoms with van der Waals surface area (Å²) in [7, 11) is 2.11. The van der Waals surface area contributed by atoms with E-state index < -0.39 is 5.95 Å². The molecule has 8 nitrogen and oxygen atoms in total. The van der Waals surface area contributed by atoms with Crippen LogP contribution in [0, 0.1) is 5.95 Å². The lowest BCUT2D eigenvalue weighted by molar-refractivity contribution is -0.120. The van der Waals surface area contributed by atoms with E-state index in [1.54, 1.807) is 36.7 Å². The van der Waals surface area contributed by atoms with Crippen molar-refractivity contribution in [1.29, 1.82) is 0 Å². The zero-order chi connectivity index (χ0) is 23.8. The average molecular weight is 465 g/mol. The normalized spacial score (nSPS) is 14.6. The first kappa shape index (κ1) is 23.7. The predicted octanol–water partition coefficient (Wildman–Crippen LogP) is 2.16. The van der Waals surface area contributed by atoms with Gasteiger partial charge in [0, 0.05) is 57.9 Å². The number of halogens is 1. The zero-order valence-corrected chi connectivity index (χ0v) is 19.3. The Balaban J connectivity index is 1.26. The van der Waals surface area contributed by atoms with E-state index in [2.05, 4.69) is 37.1 Å². The number of rotatable bonds is 9. The molecule has 1 fully saturated rings. The first-order valence-electron chi connectivity index (χ1n) is 11.4. The van der Waals surface area contributed by atoms with E-state index in [1.165, 1.54) is 6.20 Å². The topological polar surface area (TPSA) is 83.5 Å². The van der Waals surface area contributed by atoms with Crippen molar-refractivity contribution in [3.63, 3.8) is 0 Å². The number of carbonyl (C=O) groups excluding carboxylic acids is 1. The van der Waals surface area contributed by atoms with E-state index in [9.17, 15) is 9.18 Å². The molecule has 1 N–H and O–H groups in total. The van der Waals surface area contributed by atoms with E-state index in [0.717, 1.165) is 43.9 Å². The lowest BCUT2D eigenvalue weighted by Gasteiger charge is -2.31. The summed E-state index contributed by atoms with van der Waals surface area (Å²) in [6.07, 6.45) is 5.06. The molecule has 1 amide bonds. The Bertz CT molecular complexity index is 1070. The minimum atomic E-state index is -0.632. The predicted molar refractivity (Wildman–Crippen MR) is 127 cm³/mol. The number of nitrogens with one attached hydrogen (secondary N) is 1. The second-order valence-corrected chi connectivity index (χ2v) is 8.36. The summed E-state index contributed by atoms with van der Waals surface area (Å²) >= 11 is 0. The van der Waals surface area contributed by atoms with E-state index in [1.807, 2.05) is 12.1 Å². The van der Waals surface area contributed by atoms with Gasteiger partial charge in [0.15, 0.2) is 0 Å². The van der Waals surface area contributed by atoms with Gasteiger partial charge < -0.3 is 15.0 Å². The number of ether oxygens (including phenoxy) is 1. The van der Waals surface area contributed by atoms with Crippen molar-refractivity contribution >= 4 is 5.91 Å². The van der Waals surface area contributed by atoms with Crippen LogP contribution in [0.15, 0.2) is 55.0 Å². The Morgan fingerprint density at radius 1 is 1.06 bits per heavy atom. The molecule has 1 aromatic carbocycles. The second kappa shape index (κ2) is 11.6. The summed E-state index contributed by atoms with van der Waals surface area (Å²) in [6, 6.07) is 10.9. The van der Waals surface area contributed by atoms with Crippen LogP contribution in [-0.2, 0) is 17.8 Å². The molecule has 34 heavy (non-hydrogen) atoms. The maximum Gasteiger partial charge on any atom is 0.319 e.